The van der Waals surface area contributed by atoms with Crippen LogP contribution in [0, 0.1) is 0 Å². The second-order valence-electron chi connectivity index (χ2n) is 6.02. The molecule has 5 nitrogen and oxygen atoms in total. The highest BCUT2D eigenvalue weighted by Gasteiger charge is 2.16. The molecule has 6 heteroatoms. The maximum Gasteiger partial charge on any atom is 0.407 e. The van der Waals surface area contributed by atoms with Crippen LogP contribution in [0.1, 0.15) is 32.8 Å². The van der Waals surface area contributed by atoms with Gasteiger partial charge < -0.3 is 15.0 Å². The number of benzene rings is 1. The molecular formula is C16H23BrN2O3. The van der Waals surface area contributed by atoms with E-state index in [-0.39, 0.29) is 18.9 Å². The molecule has 0 saturated carbocycles. The molecule has 0 aliphatic heterocycles. The predicted octanol–water partition coefficient (Wildman–Crippen LogP) is 3.32. The van der Waals surface area contributed by atoms with Crippen molar-refractivity contribution in [3.8, 4) is 0 Å². The summed E-state index contributed by atoms with van der Waals surface area (Å²) in [6, 6.07) is 7.77. The van der Waals surface area contributed by atoms with Crippen molar-refractivity contribution in [2.75, 3.05) is 13.6 Å². The Morgan fingerprint density at radius 2 is 1.91 bits per heavy atom. The SMILES string of the molecule is CN(Cc1ccccc1Br)C(=O)CCNC(=O)OC(C)(C)C. The number of nitrogens with zero attached hydrogens (tertiary/aromatic N) is 1. The number of carbonyl (C=O) groups excluding carboxylic acids is 2. The van der Waals surface area contributed by atoms with Crippen molar-refractivity contribution in [1.82, 2.24) is 10.2 Å². The smallest absolute Gasteiger partial charge is 0.407 e. The van der Waals surface area contributed by atoms with Crippen molar-refractivity contribution in [2.24, 2.45) is 0 Å². The summed E-state index contributed by atoms with van der Waals surface area (Å²) in [5, 5.41) is 2.58. The first-order valence-electron chi connectivity index (χ1n) is 7.13. The summed E-state index contributed by atoms with van der Waals surface area (Å²) in [5.74, 6) is -0.0354. The zero-order valence-corrected chi connectivity index (χ0v) is 15.1. The summed E-state index contributed by atoms with van der Waals surface area (Å²) in [6.45, 7) is 6.16. The zero-order valence-electron chi connectivity index (χ0n) is 13.5. The highest BCUT2D eigenvalue weighted by molar-refractivity contribution is 9.10. The monoisotopic (exact) mass is 370 g/mol. The number of carbonyl (C=O) groups is 2. The molecule has 0 spiro atoms. The third-order valence-electron chi connectivity index (χ3n) is 2.80. The molecule has 0 aromatic heterocycles. The second kappa shape index (κ2) is 8.17. The number of hydrogen-bond donors (Lipinski definition) is 1. The number of alkyl carbamates (subject to hydrolysis) is 1. The first-order chi connectivity index (χ1) is 10.2. The molecule has 0 heterocycles. The van der Waals surface area contributed by atoms with Crippen LogP contribution in [0.4, 0.5) is 4.79 Å². The number of halogens is 1. The van der Waals surface area contributed by atoms with Gasteiger partial charge in [-0.1, -0.05) is 34.1 Å². The quantitative estimate of drug-likeness (QED) is 0.864. The summed E-state index contributed by atoms with van der Waals surface area (Å²) >= 11 is 3.46. The van der Waals surface area contributed by atoms with E-state index in [4.69, 9.17) is 4.74 Å². The van der Waals surface area contributed by atoms with Crippen LogP contribution in [0.2, 0.25) is 0 Å². The number of nitrogens with one attached hydrogen (secondary N) is 1. The fourth-order valence-electron chi connectivity index (χ4n) is 1.75. The molecule has 2 amide bonds. The van der Waals surface area contributed by atoms with Gasteiger partial charge in [-0.25, -0.2) is 4.79 Å². The fourth-order valence-corrected chi connectivity index (χ4v) is 2.16. The molecule has 1 aromatic carbocycles. The van der Waals surface area contributed by atoms with Gasteiger partial charge in [-0.3, -0.25) is 4.79 Å². The van der Waals surface area contributed by atoms with Crippen LogP contribution in [0.3, 0.4) is 0 Å². The lowest BCUT2D eigenvalue weighted by atomic mass is 10.2. The standard InChI is InChI=1S/C16H23BrN2O3/c1-16(2,3)22-15(21)18-10-9-14(20)19(4)11-12-7-5-6-8-13(12)17/h5-8H,9-11H2,1-4H3,(H,18,21). The topological polar surface area (TPSA) is 58.6 Å². The highest BCUT2D eigenvalue weighted by atomic mass is 79.9. The van der Waals surface area contributed by atoms with Crippen LogP contribution in [-0.2, 0) is 16.1 Å². The summed E-state index contributed by atoms with van der Waals surface area (Å²) < 4.78 is 6.08. The Morgan fingerprint density at radius 1 is 1.27 bits per heavy atom. The lowest BCUT2D eigenvalue weighted by molar-refractivity contribution is -0.130. The van der Waals surface area contributed by atoms with E-state index in [0.717, 1.165) is 10.0 Å². The van der Waals surface area contributed by atoms with Gasteiger partial charge >= 0.3 is 6.09 Å². The van der Waals surface area contributed by atoms with E-state index in [1.165, 1.54) is 0 Å². The average Bonchev–Trinajstić information content (AvgIpc) is 2.39. The van der Waals surface area contributed by atoms with Crippen molar-refractivity contribution in [3.05, 3.63) is 34.3 Å². The van der Waals surface area contributed by atoms with Crippen LogP contribution in [-0.4, -0.2) is 36.1 Å². The Bertz CT molecular complexity index is 526. The number of rotatable bonds is 5. The van der Waals surface area contributed by atoms with E-state index < -0.39 is 11.7 Å². The van der Waals surface area contributed by atoms with Gasteiger partial charge in [-0.05, 0) is 32.4 Å². The molecule has 122 valence electrons. The molecule has 0 unspecified atom stereocenters. The zero-order chi connectivity index (χ0) is 16.8. The van der Waals surface area contributed by atoms with Gasteiger partial charge in [0.15, 0.2) is 0 Å². The number of amides is 2. The minimum absolute atomic E-state index is 0.0354. The molecule has 0 bridgehead atoms. The molecule has 0 radical (unpaired) electrons. The van der Waals surface area contributed by atoms with Gasteiger partial charge in [-0.2, -0.15) is 0 Å². The van der Waals surface area contributed by atoms with Crippen LogP contribution in [0.15, 0.2) is 28.7 Å². The first kappa shape index (κ1) is 18.5. The Labute approximate surface area is 140 Å². The molecule has 0 aliphatic carbocycles. The summed E-state index contributed by atoms with van der Waals surface area (Å²) in [4.78, 5) is 25.2. The normalized spacial score (nSPS) is 11.0. The molecule has 1 N–H and O–H groups in total. The van der Waals surface area contributed by atoms with Crippen molar-refractivity contribution in [3.63, 3.8) is 0 Å². The minimum atomic E-state index is -0.537. The Morgan fingerprint density at radius 3 is 2.50 bits per heavy atom. The van der Waals surface area contributed by atoms with Gasteiger partial charge in [0.25, 0.3) is 0 Å². The van der Waals surface area contributed by atoms with Crippen molar-refractivity contribution in [2.45, 2.75) is 39.3 Å². The third kappa shape index (κ3) is 6.93. The largest absolute Gasteiger partial charge is 0.444 e. The maximum atomic E-state index is 12.0. The van der Waals surface area contributed by atoms with Gasteiger partial charge in [0.1, 0.15) is 5.60 Å². The Balaban J connectivity index is 2.36. The van der Waals surface area contributed by atoms with E-state index in [9.17, 15) is 9.59 Å². The van der Waals surface area contributed by atoms with E-state index in [2.05, 4.69) is 21.2 Å². The van der Waals surface area contributed by atoms with Crippen LogP contribution in [0.25, 0.3) is 0 Å². The maximum absolute atomic E-state index is 12.0. The van der Waals surface area contributed by atoms with Crippen molar-refractivity contribution >= 4 is 27.9 Å². The lowest BCUT2D eigenvalue weighted by Gasteiger charge is -2.20. The fraction of sp³-hybridized carbons (Fsp3) is 0.500. The molecule has 22 heavy (non-hydrogen) atoms. The predicted molar refractivity (Wildman–Crippen MR) is 89.5 cm³/mol. The van der Waals surface area contributed by atoms with E-state index in [1.807, 2.05) is 24.3 Å². The Hall–Kier alpha value is -1.56. The first-order valence-corrected chi connectivity index (χ1v) is 7.92. The molecule has 0 atom stereocenters. The summed E-state index contributed by atoms with van der Waals surface area (Å²) in [5.41, 5.74) is 0.503. The Kier molecular flexibility index (Phi) is 6.87. The lowest BCUT2D eigenvalue weighted by Crippen LogP contribution is -2.35. The van der Waals surface area contributed by atoms with Crippen molar-refractivity contribution < 1.29 is 14.3 Å². The van der Waals surface area contributed by atoms with Gasteiger partial charge in [-0.15, -0.1) is 0 Å². The number of hydrogen-bond acceptors (Lipinski definition) is 3. The third-order valence-corrected chi connectivity index (χ3v) is 3.57. The average molecular weight is 371 g/mol. The van der Waals surface area contributed by atoms with E-state index in [0.29, 0.717) is 6.54 Å². The number of ether oxygens (including phenoxy) is 1. The van der Waals surface area contributed by atoms with E-state index >= 15 is 0 Å². The van der Waals surface area contributed by atoms with Gasteiger partial charge in [0.2, 0.25) is 5.91 Å². The molecule has 0 aliphatic rings. The summed E-state index contributed by atoms with van der Waals surface area (Å²) in [7, 11) is 1.75. The molecule has 0 fully saturated rings. The van der Waals surface area contributed by atoms with Gasteiger partial charge in [0, 0.05) is 31.0 Å². The van der Waals surface area contributed by atoms with Gasteiger partial charge in [0.05, 0.1) is 0 Å². The summed E-state index contributed by atoms with van der Waals surface area (Å²) in [6.07, 6.45) is -0.269. The minimum Gasteiger partial charge on any atom is -0.444 e. The highest BCUT2D eigenvalue weighted by Crippen LogP contribution is 2.17. The van der Waals surface area contributed by atoms with E-state index in [1.54, 1.807) is 32.7 Å². The van der Waals surface area contributed by atoms with Crippen molar-refractivity contribution in [1.29, 1.82) is 0 Å². The molecule has 0 saturated heterocycles. The van der Waals surface area contributed by atoms with Crippen LogP contribution in [0.5, 0.6) is 0 Å². The van der Waals surface area contributed by atoms with Crippen LogP contribution >= 0.6 is 15.9 Å². The second-order valence-corrected chi connectivity index (χ2v) is 6.87. The molecular weight excluding hydrogens is 348 g/mol. The molecule has 1 aromatic rings. The molecule has 1 rings (SSSR count). The van der Waals surface area contributed by atoms with Crippen LogP contribution < -0.4 is 5.32 Å².